The molecular formula is C16H19NO3. The fourth-order valence-corrected chi connectivity index (χ4v) is 2.40. The standard InChI is InChI=1S/C16H19NO3/c1-3-4-6-11-14(18)17-12(2)15(20-16(17)19)13-9-7-5-8-10-13/h3,5,7-10,12,15H,1,4,6,11H2,2H3/t12-,15-/m1/s1. The molecule has 0 saturated carbocycles. The summed E-state index contributed by atoms with van der Waals surface area (Å²) in [5.41, 5.74) is 0.912. The van der Waals surface area contributed by atoms with Crippen molar-refractivity contribution in [3.63, 3.8) is 0 Å². The van der Waals surface area contributed by atoms with Crippen molar-refractivity contribution in [2.75, 3.05) is 0 Å². The number of nitrogens with zero attached hydrogens (tertiary/aromatic N) is 1. The fraction of sp³-hybridized carbons (Fsp3) is 0.375. The largest absolute Gasteiger partial charge is 0.439 e. The molecule has 2 amide bonds. The molecule has 1 saturated heterocycles. The monoisotopic (exact) mass is 273 g/mol. The van der Waals surface area contributed by atoms with Crippen LogP contribution in [0.2, 0.25) is 0 Å². The Labute approximate surface area is 119 Å². The van der Waals surface area contributed by atoms with Crippen molar-refractivity contribution in [2.24, 2.45) is 0 Å². The van der Waals surface area contributed by atoms with Crippen LogP contribution in [-0.4, -0.2) is 22.9 Å². The maximum absolute atomic E-state index is 12.1. The molecular weight excluding hydrogens is 254 g/mol. The van der Waals surface area contributed by atoms with E-state index < -0.39 is 6.09 Å². The number of benzene rings is 1. The lowest BCUT2D eigenvalue weighted by Crippen LogP contribution is -2.37. The van der Waals surface area contributed by atoms with Crippen LogP contribution in [0.1, 0.15) is 37.9 Å². The summed E-state index contributed by atoms with van der Waals surface area (Å²) in [4.78, 5) is 25.3. The molecule has 0 aromatic heterocycles. The van der Waals surface area contributed by atoms with Crippen molar-refractivity contribution >= 4 is 12.0 Å². The molecule has 4 nitrogen and oxygen atoms in total. The van der Waals surface area contributed by atoms with Crippen molar-refractivity contribution in [3.05, 3.63) is 48.6 Å². The van der Waals surface area contributed by atoms with Gasteiger partial charge in [-0.15, -0.1) is 6.58 Å². The Morgan fingerprint density at radius 1 is 1.40 bits per heavy atom. The van der Waals surface area contributed by atoms with Crippen LogP contribution in [-0.2, 0) is 9.53 Å². The second-order valence-electron chi connectivity index (χ2n) is 4.90. The molecule has 0 N–H and O–H groups in total. The number of hydrogen-bond donors (Lipinski definition) is 0. The molecule has 1 aliphatic heterocycles. The molecule has 1 heterocycles. The van der Waals surface area contributed by atoms with E-state index in [0.29, 0.717) is 12.8 Å². The average Bonchev–Trinajstić information content (AvgIpc) is 2.75. The SMILES string of the molecule is C=CCCCC(=O)N1C(=O)O[C@@H](c2ccccc2)[C@H]1C. The van der Waals surface area contributed by atoms with Crippen LogP contribution in [0.15, 0.2) is 43.0 Å². The predicted molar refractivity (Wildman–Crippen MR) is 76.0 cm³/mol. The van der Waals surface area contributed by atoms with E-state index in [-0.39, 0.29) is 18.1 Å². The molecule has 2 rings (SSSR count). The first kappa shape index (κ1) is 14.3. The summed E-state index contributed by atoms with van der Waals surface area (Å²) in [5.74, 6) is -0.178. The van der Waals surface area contributed by atoms with Crippen LogP contribution in [0.25, 0.3) is 0 Å². The molecule has 0 radical (unpaired) electrons. The second-order valence-corrected chi connectivity index (χ2v) is 4.90. The Morgan fingerprint density at radius 2 is 2.10 bits per heavy atom. The van der Waals surface area contributed by atoms with Gasteiger partial charge in [0.15, 0.2) is 0 Å². The number of cyclic esters (lactones) is 1. The zero-order valence-electron chi connectivity index (χ0n) is 11.6. The molecule has 106 valence electrons. The summed E-state index contributed by atoms with van der Waals surface area (Å²) in [6.45, 7) is 5.46. The quantitative estimate of drug-likeness (QED) is 0.609. The Hall–Kier alpha value is -2.10. The second kappa shape index (κ2) is 6.37. The number of carbonyl (C=O) groups excluding carboxylic acids is 2. The van der Waals surface area contributed by atoms with E-state index >= 15 is 0 Å². The van der Waals surface area contributed by atoms with Crippen LogP contribution in [0.3, 0.4) is 0 Å². The number of carbonyl (C=O) groups is 2. The van der Waals surface area contributed by atoms with E-state index in [4.69, 9.17) is 4.74 Å². The average molecular weight is 273 g/mol. The molecule has 0 unspecified atom stereocenters. The highest BCUT2D eigenvalue weighted by Crippen LogP contribution is 2.32. The van der Waals surface area contributed by atoms with Gasteiger partial charge < -0.3 is 4.74 Å². The lowest BCUT2D eigenvalue weighted by atomic mass is 10.0. The van der Waals surface area contributed by atoms with Crippen molar-refractivity contribution in [1.82, 2.24) is 4.90 Å². The number of hydrogen-bond acceptors (Lipinski definition) is 3. The van der Waals surface area contributed by atoms with E-state index in [1.807, 2.05) is 37.3 Å². The van der Waals surface area contributed by atoms with Gasteiger partial charge in [0.1, 0.15) is 6.10 Å². The molecule has 2 atom stereocenters. The Bertz CT molecular complexity index is 498. The minimum absolute atomic E-state index is 0.178. The zero-order chi connectivity index (χ0) is 14.5. The van der Waals surface area contributed by atoms with E-state index in [9.17, 15) is 9.59 Å². The summed E-state index contributed by atoms with van der Waals surface area (Å²) in [6.07, 6.45) is 2.65. The minimum Gasteiger partial charge on any atom is -0.439 e. The summed E-state index contributed by atoms with van der Waals surface area (Å²) in [6, 6.07) is 9.22. The maximum atomic E-state index is 12.1. The fourth-order valence-electron chi connectivity index (χ4n) is 2.40. The summed E-state index contributed by atoms with van der Waals surface area (Å²) >= 11 is 0. The number of unbranched alkanes of at least 4 members (excludes halogenated alkanes) is 1. The van der Waals surface area contributed by atoms with E-state index in [1.165, 1.54) is 4.90 Å². The van der Waals surface area contributed by atoms with Gasteiger partial charge in [0.05, 0.1) is 6.04 Å². The molecule has 1 aromatic rings. The van der Waals surface area contributed by atoms with Gasteiger partial charge in [-0.25, -0.2) is 9.69 Å². The molecule has 1 aromatic carbocycles. The van der Waals surface area contributed by atoms with E-state index in [1.54, 1.807) is 6.08 Å². The van der Waals surface area contributed by atoms with Crippen LogP contribution in [0.5, 0.6) is 0 Å². The highest BCUT2D eigenvalue weighted by molar-refractivity contribution is 5.93. The van der Waals surface area contributed by atoms with Gasteiger partial charge in [-0.1, -0.05) is 36.4 Å². The first-order chi connectivity index (χ1) is 9.65. The Kier molecular flexibility index (Phi) is 4.56. The van der Waals surface area contributed by atoms with Gasteiger partial charge in [-0.3, -0.25) is 4.79 Å². The smallest absolute Gasteiger partial charge is 0.417 e. The van der Waals surface area contributed by atoms with Crippen molar-refractivity contribution in [2.45, 2.75) is 38.3 Å². The number of ether oxygens (including phenoxy) is 1. The topological polar surface area (TPSA) is 46.6 Å². The van der Waals surface area contributed by atoms with E-state index in [0.717, 1.165) is 12.0 Å². The van der Waals surface area contributed by atoms with Gasteiger partial charge in [0.25, 0.3) is 0 Å². The maximum Gasteiger partial charge on any atom is 0.417 e. The molecule has 1 aliphatic rings. The van der Waals surface area contributed by atoms with Crippen molar-refractivity contribution in [3.8, 4) is 0 Å². The van der Waals surface area contributed by atoms with E-state index in [2.05, 4.69) is 6.58 Å². The number of amides is 2. The van der Waals surface area contributed by atoms with Crippen LogP contribution >= 0.6 is 0 Å². The number of rotatable bonds is 5. The third-order valence-electron chi connectivity index (χ3n) is 3.47. The number of imide groups is 1. The van der Waals surface area contributed by atoms with Gasteiger partial charge in [0, 0.05) is 6.42 Å². The van der Waals surface area contributed by atoms with Crippen LogP contribution in [0, 0.1) is 0 Å². The predicted octanol–water partition coefficient (Wildman–Crippen LogP) is 3.45. The minimum atomic E-state index is -0.546. The van der Waals surface area contributed by atoms with Gasteiger partial charge in [0.2, 0.25) is 5.91 Å². The highest BCUT2D eigenvalue weighted by Gasteiger charge is 2.42. The summed E-state index contributed by atoms with van der Waals surface area (Å²) in [7, 11) is 0. The third-order valence-corrected chi connectivity index (χ3v) is 3.47. The van der Waals surface area contributed by atoms with Crippen LogP contribution < -0.4 is 0 Å². The number of allylic oxidation sites excluding steroid dienone is 1. The Morgan fingerprint density at radius 3 is 2.75 bits per heavy atom. The zero-order valence-corrected chi connectivity index (χ0v) is 11.6. The lowest BCUT2D eigenvalue weighted by molar-refractivity contribution is -0.129. The molecule has 20 heavy (non-hydrogen) atoms. The molecule has 0 spiro atoms. The molecule has 0 aliphatic carbocycles. The molecule has 4 heteroatoms. The molecule has 0 bridgehead atoms. The van der Waals surface area contributed by atoms with Gasteiger partial charge in [-0.2, -0.15) is 0 Å². The molecule has 1 fully saturated rings. The lowest BCUT2D eigenvalue weighted by Gasteiger charge is -2.19. The van der Waals surface area contributed by atoms with Crippen molar-refractivity contribution < 1.29 is 14.3 Å². The summed E-state index contributed by atoms with van der Waals surface area (Å²) in [5, 5.41) is 0. The first-order valence-corrected chi connectivity index (χ1v) is 6.83. The normalized spacial score (nSPS) is 21.6. The van der Waals surface area contributed by atoms with Gasteiger partial charge in [-0.05, 0) is 25.3 Å². The van der Waals surface area contributed by atoms with Crippen LogP contribution in [0.4, 0.5) is 4.79 Å². The third kappa shape index (κ3) is 2.90. The van der Waals surface area contributed by atoms with Gasteiger partial charge >= 0.3 is 6.09 Å². The Balaban J connectivity index is 2.07. The first-order valence-electron chi connectivity index (χ1n) is 6.83. The summed E-state index contributed by atoms with van der Waals surface area (Å²) < 4.78 is 5.35. The highest BCUT2D eigenvalue weighted by atomic mass is 16.6. The van der Waals surface area contributed by atoms with Crippen molar-refractivity contribution in [1.29, 1.82) is 0 Å².